The van der Waals surface area contributed by atoms with Gasteiger partial charge < -0.3 is 19.7 Å². The van der Waals surface area contributed by atoms with Crippen molar-refractivity contribution in [3.05, 3.63) is 41.9 Å². The van der Waals surface area contributed by atoms with Crippen molar-refractivity contribution in [2.24, 2.45) is 0 Å². The van der Waals surface area contributed by atoms with Crippen molar-refractivity contribution in [2.45, 2.75) is 51.7 Å². The maximum absolute atomic E-state index is 5.55. The molecule has 0 saturated carbocycles. The van der Waals surface area contributed by atoms with Crippen LogP contribution in [-0.2, 0) is 16.8 Å². The number of rotatable bonds is 6. The summed E-state index contributed by atoms with van der Waals surface area (Å²) in [6, 6.07) is 10.5. The number of hydrogen-bond donors (Lipinski definition) is 1. The van der Waals surface area contributed by atoms with E-state index in [4.69, 9.17) is 14.5 Å². The average molecular weight is 385 g/mol. The summed E-state index contributed by atoms with van der Waals surface area (Å²) in [6.07, 6.45) is 2.23. The fraction of sp³-hybridized carbons (Fsp3) is 0.545. The quantitative estimate of drug-likeness (QED) is 0.812. The molecule has 0 amide bonds. The SMILES string of the molecule is COCc1cc(NC2CCCN(c3ccccc3OC)C2)nc(C(C)(C)C)n1. The van der Waals surface area contributed by atoms with E-state index in [9.17, 15) is 0 Å². The minimum absolute atomic E-state index is 0.115. The first-order chi connectivity index (χ1) is 13.4. The zero-order chi connectivity index (χ0) is 20.1. The third kappa shape index (κ3) is 4.93. The number of nitrogens with zero attached hydrogens (tertiary/aromatic N) is 3. The van der Waals surface area contributed by atoms with Gasteiger partial charge in [0.15, 0.2) is 0 Å². The third-order valence-corrected chi connectivity index (χ3v) is 4.94. The first kappa shape index (κ1) is 20.4. The summed E-state index contributed by atoms with van der Waals surface area (Å²) < 4.78 is 10.9. The molecule has 1 aliphatic heterocycles. The summed E-state index contributed by atoms with van der Waals surface area (Å²) in [5, 5.41) is 3.64. The smallest absolute Gasteiger partial charge is 0.142 e. The maximum Gasteiger partial charge on any atom is 0.142 e. The Bertz CT molecular complexity index is 788. The number of anilines is 2. The van der Waals surface area contributed by atoms with Crippen LogP contribution in [0.25, 0.3) is 0 Å². The molecule has 6 nitrogen and oxygen atoms in total. The normalized spacial score (nSPS) is 17.5. The fourth-order valence-corrected chi connectivity index (χ4v) is 3.54. The number of aromatic nitrogens is 2. The maximum atomic E-state index is 5.55. The molecule has 6 heteroatoms. The first-order valence-electron chi connectivity index (χ1n) is 9.92. The van der Waals surface area contributed by atoms with Crippen LogP contribution in [0.1, 0.15) is 45.1 Å². The molecule has 1 atom stereocenters. The molecule has 0 aliphatic carbocycles. The monoisotopic (exact) mass is 384 g/mol. The van der Waals surface area contributed by atoms with Gasteiger partial charge in [0, 0.05) is 37.7 Å². The van der Waals surface area contributed by atoms with Crippen LogP contribution in [0.4, 0.5) is 11.5 Å². The highest BCUT2D eigenvalue weighted by Crippen LogP contribution is 2.30. The van der Waals surface area contributed by atoms with E-state index in [-0.39, 0.29) is 5.41 Å². The molecule has 28 heavy (non-hydrogen) atoms. The predicted molar refractivity (Wildman–Crippen MR) is 113 cm³/mol. The van der Waals surface area contributed by atoms with Crippen molar-refractivity contribution in [1.29, 1.82) is 0 Å². The molecule has 1 N–H and O–H groups in total. The van der Waals surface area contributed by atoms with Crippen molar-refractivity contribution in [3.63, 3.8) is 0 Å². The Morgan fingerprint density at radius 1 is 1.18 bits per heavy atom. The van der Waals surface area contributed by atoms with E-state index in [0.717, 1.165) is 54.7 Å². The summed E-state index contributed by atoms with van der Waals surface area (Å²) in [5.74, 6) is 2.63. The second kappa shape index (κ2) is 8.78. The number of benzene rings is 1. The van der Waals surface area contributed by atoms with Gasteiger partial charge in [0.2, 0.25) is 0 Å². The molecule has 0 spiro atoms. The van der Waals surface area contributed by atoms with E-state index in [0.29, 0.717) is 12.6 Å². The molecule has 1 aromatic carbocycles. The first-order valence-corrected chi connectivity index (χ1v) is 9.92. The Hall–Kier alpha value is -2.34. The van der Waals surface area contributed by atoms with Crippen LogP contribution in [0.2, 0.25) is 0 Å². The number of nitrogens with one attached hydrogen (secondary N) is 1. The molecule has 1 unspecified atom stereocenters. The van der Waals surface area contributed by atoms with Crippen LogP contribution in [0.5, 0.6) is 5.75 Å². The van der Waals surface area contributed by atoms with Gasteiger partial charge in [-0.05, 0) is 25.0 Å². The molecular formula is C22H32N4O2. The summed E-state index contributed by atoms with van der Waals surface area (Å²) in [4.78, 5) is 11.9. The highest BCUT2D eigenvalue weighted by atomic mass is 16.5. The predicted octanol–water partition coefficient (Wildman–Crippen LogP) is 4.01. The molecule has 152 valence electrons. The molecular weight excluding hydrogens is 352 g/mol. The van der Waals surface area contributed by atoms with Gasteiger partial charge in [-0.2, -0.15) is 0 Å². The summed E-state index contributed by atoms with van der Waals surface area (Å²) in [6.45, 7) is 8.82. The third-order valence-electron chi connectivity index (χ3n) is 4.94. The van der Waals surface area contributed by atoms with Crippen LogP contribution in [0.3, 0.4) is 0 Å². The van der Waals surface area contributed by atoms with Crippen LogP contribution in [0, 0.1) is 0 Å². The standard InChI is InChI=1S/C22H32N4O2/c1-22(2,3)21-24-17(15-27-4)13-20(25-21)23-16-9-8-12-26(14-16)18-10-6-7-11-19(18)28-5/h6-7,10-11,13,16H,8-9,12,14-15H2,1-5H3,(H,23,24,25). The topological polar surface area (TPSA) is 59.5 Å². The van der Waals surface area contributed by atoms with Gasteiger partial charge >= 0.3 is 0 Å². The van der Waals surface area contributed by atoms with Gasteiger partial charge in [0.05, 0.1) is 25.1 Å². The van der Waals surface area contributed by atoms with Gasteiger partial charge in [0.25, 0.3) is 0 Å². The number of para-hydroxylation sites is 2. The lowest BCUT2D eigenvalue weighted by molar-refractivity contribution is 0.181. The lowest BCUT2D eigenvalue weighted by Crippen LogP contribution is -2.42. The second-order valence-electron chi connectivity index (χ2n) is 8.35. The number of hydrogen-bond acceptors (Lipinski definition) is 6. The minimum atomic E-state index is -0.115. The molecule has 2 aromatic rings. The molecule has 3 rings (SSSR count). The molecule has 0 radical (unpaired) electrons. The minimum Gasteiger partial charge on any atom is -0.495 e. The number of ether oxygens (including phenoxy) is 2. The number of methoxy groups -OCH3 is 2. The van der Waals surface area contributed by atoms with Crippen LogP contribution in [-0.4, -0.2) is 43.3 Å². The zero-order valence-corrected chi connectivity index (χ0v) is 17.7. The van der Waals surface area contributed by atoms with Gasteiger partial charge in [-0.3, -0.25) is 0 Å². The van der Waals surface area contributed by atoms with Gasteiger partial charge in [-0.1, -0.05) is 32.9 Å². The summed E-state index contributed by atoms with van der Waals surface area (Å²) >= 11 is 0. The molecule has 2 heterocycles. The van der Waals surface area contributed by atoms with E-state index < -0.39 is 0 Å². The second-order valence-corrected chi connectivity index (χ2v) is 8.35. The summed E-state index contributed by atoms with van der Waals surface area (Å²) in [7, 11) is 3.42. The van der Waals surface area contributed by atoms with Gasteiger partial charge in [0.1, 0.15) is 17.4 Å². The van der Waals surface area contributed by atoms with E-state index >= 15 is 0 Å². The summed E-state index contributed by atoms with van der Waals surface area (Å²) in [5.41, 5.74) is 1.94. The highest BCUT2D eigenvalue weighted by molar-refractivity contribution is 5.59. The number of piperidine rings is 1. The Labute approximate surface area is 168 Å². The zero-order valence-electron chi connectivity index (χ0n) is 17.7. The highest BCUT2D eigenvalue weighted by Gasteiger charge is 2.24. The van der Waals surface area contributed by atoms with Crippen LogP contribution in [0.15, 0.2) is 30.3 Å². The van der Waals surface area contributed by atoms with E-state index in [1.807, 2.05) is 18.2 Å². The lowest BCUT2D eigenvalue weighted by atomic mass is 9.95. The van der Waals surface area contributed by atoms with E-state index in [1.54, 1.807) is 14.2 Å². The van der Waals surface area contributed by atoms with Crippen molar-refractivity contribution in [3.8, 4) is 5.75 Å². The van der Waals surface area contributed by atoms with Crippen molar-refractivity contribution >= 4 is 11.5 Å². The van der Waals surface area contributed by atoms with Crippen molar-refractivity contribution in [2.75, 3.05) is 37.5 Å². The molecule has 1 aliphatic rings. The molecule has 1 fully saturated rings. The van der Waals surface area contributed by atoms with E-state index in [1.165, 1.54) is 0 Å². The Kier molecular flexibility index (Phi) is 6.39. The molecule has 1 saturated heterocycles. The van der Waals surface area contributed by atoms with E-state index in [2.05, 4.69) is 48.1 Å². The molecule has 0 bridgehead atoms. The Balaban J connectivity index is 1.78. The molecule has 1 aromatic heterocycles. The van der Waals surface area contributed by atoms with Crippen LogP contribution >= 0.6 is 0 Å². The Morgan fingerprint density at radius 2 is 1.96 bits per heavy atom. The van der Waals surface area contributed by atoms with Crippen molar-refractivity contribution < 1.29 is 9.47 Å². The largest absolute Gasteiger partial charge is 0.495 e. The lowest BCUT2D eigenvalue weighted by Gasteiger charge is -2.35. The fourth-order valence-electron chi connectivity index (χ4n) is 3.54. The average Bonchev–Trinajstić information content (AvgIpc) is 2.67. The van der Waals surface area contributed by atoms with Gasteiger partial charge in [-0.25, -0.2) is 9.97 Å². The van der Waals surface area contributed by atoms with Gasteiger partial charge in [-0.15, -0.1) is 0 Å². The van der Waals surface area contributed by atoms with Crippen LogP contribution < -0.4 is 15.0 Å². The Morgan fingerprint density at radius 3 is 2.68 bits per heavy atom. The van der Waals surface area contributed by atoms with Crippen molar-refractivity contribution in [1.82, 2.24) is 9.97 Å².